The van der Waals surface area contributed by atoms with E-state index in [4.69, 9.17) is 18.6 Å². The van der Waals surface area contributed by atoms with Gasteiger partial charge in [-0.15, -0.1) is 10.2 Å². The lowest BCUT2D eigenvalue weighted by atomic mass is 10.1. The molecular weight excluding hydrogens is 426 g/mol. The highest BCUT2D eigenvalue weighted by Gasteiger charge is 2.22. The third-order valence-corrected chi connectivity index (χ3v) is 5.79. The molecule has 176 valence electrons. The minimum atomic E-state index is -0.158. The summed E-state index contributed by atoms with van der Waals surface area (Å²) in [4.78, 5) is 14.4. The van der Waals surface area contributed by atoms with Crippen LogP contribution in [0.5, 0.6) is 17.2 Å². The van der Waals surface area contributed by atoms with E-state index in [1.165, 1.54) is 12.5 Å². The van der Waals surface area contributed by atoms with Crippen LogP contribution in [0.15, 0.2) is 35.1 Å². The number of amides is 1. The molecular formula is C23H29N5O5. The minimum Gasteiger partial charge on any atom is -0.493 e. The van der Waals surface area contributed by atoms with E-state index in [1.807, 2.05) is 12.1 Å². The van der Waals surface area contributed by atoms with E-state index in [0.717, 1.165) is 49.8 Å². The van der Waals surface area contributed by atoms with Crippen molar-refractivity contribution in [1.29, 1.82) is 0 Å². The smallest absolute Gasteiger partial charge is 0.254 e. The number of carbonyl (C=O) groups is 1. The molecule has 10 heteroatoms. The van der Waals surface area contributed by atoms with Gasteiger partial charge >= 0.3 is 0 Å². The molecule has 10 nitrogen and oxygen atoms in total. The summed E-state index contributed by atoms with van der Waals surface area (Å²) in [5, 5.41) is 11.6. The quantitative estimate of drug-likeness (QED) is 0.522. The summed E-state index contributed by atoms with van der Waals surface area (Å²) in [6.45, 7) is 3.68. The van der Waals surface area contributed by atoms with Crippen molar-refractivity contribution in [2.75, 3.05) is 41.0 Å². The van der Waals surface area contributed by atoms with Gasteiger partial charge in [0.25, 0.3) is 5.91 Å². The van der Waals surface area contributed by atoms with Crippen LogP contribution in [0.25, 0.3) is 0 Å². The second-order valence-electron chi connectivity index (χ2n) is 7.72. The van der Waals surface area contributed by atoms with Gasteiger partial charge in [-0.05, 0) is 12.1 Å². The maximum Gasteiger partial charge on any atom is 0.254 e. The minimum absolute atomic E-state index is 0.158. The second-order valence-corrected chi connectivity index (χ2v) is 7.72. The van der Waals surface area contributed by atoms with Crippen molar-refractivity contribution in [3.63, 3.8) is 0 Å². The molecule has 1 aliphatic rings. The first-order valence-electron chi connectivity index (χ1n) is 10.9. The number of carbonyl (C=O) groups excluding carboxylic acids is 1. The maximum absolute atomic E-state index is 12.1. The van der Waals surface area contributed by atoms with Gasteiger partial charge in [-0.1, -0.05) is 6.07 Å². The number of nitrogens with one attached hydrogen (secondary N) is 1. The van der Waals surface area contributed by atoms with Crippen LogP contribution in [0.1, 0.15) is 27.6 Å². The predicted molar refractivity (Wildman–Crippen MR) is 120 cm³/mol. The van der Waals surface area contributed by atoms with Gasteiger partial charge in [0.2, 0.25) is 5.75 Å². The average Bonchev–Trinajstić information content (AvgIpc) is 3.46. The number of furan rings is 1. The molecule has 0 fully saturated rings. The van der Waals surface area contributed by atoms with E-state index < -0.39 is 0 Å². The van der Waals surface area contributed by atoms with E-state index >= 15 is 0 Å². The average molecular weight is 456 g/mol. The van der Waals surface area contributed by atoms with Crippen molar-refractivity contribution in [3.8, 4) is 17.2 Å². The standard InChI is InChI=1S/C23H29N5O5/c1-30-18-5-4-16(21(31-2)22(18)32-3)14-27-10-7-20-26-25-19(28(20)12-11-27)6-9-24-23(29)17-8-13-33-15-17/h4-5,8,13,15H,6-7,9-12,14H2,1-3H3,(H,24,29). The van der Waals surface area contributed by atoms with Crippen LogP contribution in [0.3, 0.4) is 0 Å². The summed E-state index contributed by atoms with van der Waals surface area (Å²) in [6, 6.07) is 5.55. The van der Waals surface area contributed by atoms with Gasteiger partial charge in [0, 0.05) is 51.1 Å². The third-order valence-electron chi connectivity index (χ3n) is 5.79. The van der Waals surface area contributed by atoms with Crippen molar-refractivity contribution < 1.29 is 23.4 Å². The van der Waals surface area contributed by atoms with Crippen molar-refractivity contribution in [2.24, 2.45) is 0 Å². The second kappa shape index (κ2) is 10.4. The first-order chi connectivity index (χ1) is 16.1. The SMILES string of the molecule is COc1ccc(CN2CCc3nnc(CCNC(=O)c4ccoc4)n3CC2)c(OC)c1OC. The molecule has 0 bridgehead atoms. The lowest BCUT2D eigenvalue weighted by Crippen LogP contribution is -2.28. The third kappa shape index (κ3) is 4.95. The number of methoxy groups -OCH3 is 3. The summed E-state index contributed by atoms with van der Waals surface area (Å²) in [5.41, 5.74) is 1.55. The van der Waals surface area contributed by atoms with Crippen LogP contribution in [0.4, 0.5) is 0 Å². The van der Waals surface area contributed by atoms with E-state index in [9.17, 15) is 4.79 Å². The van der Waals surface area contributed by atoms with Crippen molar-refractivity contribution >= 4 is 5.91 Å². The van der Waals surface area contributed by atoms with Gasteiger partial charge in [0.15, 0.2) is 11.5 Å². The molecule has 1 N–H and O–H groups in total. The summed E-state index contributed by atoms with van der Waals surface area (Å²) in [5.74, 6) is 3.62. The number of hydrogen-bond donors (Lipinski definition) is 1. The van der Waals surface area contributed by atoms with E-state index in [1.54, 1.807) is 27.4 Å². The van der Waals surface area contributed by atoms with Gasteiger partial charge in [0.1, 0.15) is 17.9 Å². The number of hydrogen-bond acceptors (Lipinski definition) is 8. The number of ether oxygens (including phenoxy) is 3. The zero-order valence-electron chi connectivity index (χ0n) is 19.2. The Morgan fingerprint density at radius 1 is 1.06 bits per heavy atom. The molecule has 1 aromatic carbocycles. The molecule has 3 heterocycles. The van der Waals surface area contributed by atoms with E-state index in [2.05, 4.69) is 25.0 Å². The molecule has 0 atom stereocenters. The highest BCUT2D eigenvalue weighted by molar-refractivity contribution is 5.93. The largest absolute Gasteiger partial charge is 0.493 e. The van der Waals surface area contributed by atoms with Crippen LogP contribution >= 0.6 is 0 Å². The Labute approximate surface area is 192 Å². The van der Waals surface area contributed by atoms with Gasteiger partial charge in [-0.25, -0.2) is 0 Å². The van der Waals surface area contributed by atoms with Crippen LogP contribution < -0.4 is 19.5 Å². The van der Waals surface area contributed by atoms with Gasteiger partial charge in [-0.2, -0.15) is 0 Å². The molecule has 3 aromatic rings. The van der Waals surface area contributed by atoms with Crippen molar-refractivity contribution in [3.05, 3.63) is 53.5 Å². The summed E-state index contributed by atoms with van der Waals surface area (Å²) < 4.78 is 23.7. The molecule has 4 rings (SSSR count). The molecule has 0 saturated heterocycles. The van der Waals surface area contributed by atoms with Gasteiger partial charge < -0.3 is 28.5 Å². The lowest BCUT2D eigenvalue weighted by molar-refractivity contribution is 0.0953. The van der Waals surface area contributed by atoms with Crippen LogP contribution in [-0.4, -0.2) is 66.5 Å². The maximum atomic E-state index is 12.1. The number of rotatable bonds is 9. The molecule has 0 saturated carbocycles. The zero-order valence-corrected chi connectivity index (χ0v) is 19.2. The highest BCUT2D eigenvalue weighted by Crippen LogP contribution is 2.40. The normalized spacial score (nSPS) is 13.8. The molecule has 0 aliphatic carbocycles. The van der Waals surface area contributed by atoms with Gasteiger partial charge in [-0.3, -0.25) is 9.69 Å². The summed E-state index contributed by atoms with van der Waals surface area (Å²) in [6.07, 6.45) is 4.32. The van der Waals surface area contributed by atoms with Crippen molar-refractivity contribution in [1.82, 2.24) is 25.0 Å². The number of aromatic nitrogens is 3. The Morgan fingerprint density at radius 3 is 2.64 bits per heavy atom. The first kappa shape index (κ1) is 22.7. The first-order valence-corrected chi connectivity index (χ1v) is 10.9. The number of benzene rings is 1. The topological polar surface area (TPSA) is 104 Å². The molecule has 1 amide bonds. The summed E-state index contributed by atoms with van der Waals surface area (Å²) >= 11 is 0. The van der Waals surface area contributed by atoms with E-state index in [-0.39, 0.29) is 5.91 Å². The fourth-order valence-electron chi connectivity index (χ4n) is 4.08. The van der Waals surface area contributed by atoms with Crippen molar-refractivity contribution in [2.45, 2.75) is 25.9 Å². The molecule has 33 heavy (non-hydrogen) atoms. The Morgan fingerprint density at radius 2 is 1.91 bits per heavy atom. The fourth-order valence-corrected chi connectivity index (χ4v) is 4.08. The van der Waals surface area contributed by atoms with Crippen LogP contribution in [0.2, 0.25) is 0 Å². The fraction of sp³-hybridized carbons (Fsp3) is 0.435. The number of fused-ring (bicyclic) bond motifs is 1. The predicted octanol–water partition coefficient (Wildman–Crippen LogP) is 1.93. The highest BCUT2D eigenvalue weighted by atomic mass is 16.5. The molecule has 0 unspecified atom stereocenters. The Hall–Kier alpha value is -3.53. The lowest BCUT2D eigenvalue weighted by Gasteiger charge is -2.22. The van der Waals surface area contributed by atoms with Gasteiger partial charge in [0.05, 0.1) is 33.2 Å². The molecule has 0 spiro atoms. The monoisotopic (exact) mass is 455 g/mol. The van der Waals surface area contributed by atoms with E-state index in [0.29, 0.717) is 35.8 Å². The summed E-state index contributed by atoms with van der Waals surface area (Å²) in [7, 11) is 4.87. The van der Waals surface area contributed by atoms with Crippen LogP contribution in [0, 0.1) is 0 Å². The Kier molecular flexibility index (Phi) is 7.13. The molecule has 1 aliphatic heterocycles. The van der Waals surface area contributed by atoms with Crippen LogP contribution in [-0.2, 0) is 25.9 Å². The Balaban J connectivity index is 1.38. The Bertz CT molecular complexity index is 1080. The molecule has 2 aromatic heterocycles. The number of nitrogens with zero attached hydrogens (tertiary/aromatic N) is 4. The molecule has 0 radical (unpaired) electrons. The zero-order chi connectivity index (χ0) is 23.2.